The van der Waals surface area contributed by atoms with Crippen LogP contribution in [0.5, 0.6) is 5.75 Å². The molecule has 0 bridgehead atoms. The molecule has 0 amide bonds. The summed E-state index contributed by atoms with van der Waals surface area (Å²) in [7, 11) is 0. The fourth-order valence-corrected chi connectivity index (χ4v) is 2.48. The highest BCUT2D eigenvalue weighted by Gasteiger charge is 2.18. The van der Waals surface area contributed by atoms with Crippen molar-refractivity contribution < 1.29 is 9.94 Å². The van der Waals surface area contributed by atoms with E-state index in [1.807, 2.05) is 43.3 Å². The SMILES string of the molecule is Cc1cccc(COc2ccc3c(c2)CC/C3=N\O)n1. The molecule has 0 unspecified atom stereocenters. The average Bonchev–Trinajstić information content (AvgIpc) is 2.87. The maximum atomic E-state index is 8.91. The Morgan fingerprint density at radius 2 is 2.15 bits per heavy atom. The molecule has 1 aromatic carbocycles. The van der Waals surface area contributed by atoms with Crippen LogP contribution in [0.25, 0.3) is 0 Å². The van der Waals surface area contributed by atoms with Crippen molar-refractivity contribution in [1.82, 2.24) is 4.98 Å². The molecule has 1 N–H and O–H groups in total. The van der Waals surface area contributed by atoms with Crippen LogP contribution < -0.4 is 4.74 Å². The predicted octanol–water partition coefficient (Wildman–Crippen LogP) is 3.09. The molecule has 3 rings (SSSR count). The quantitative estimate of drug-likeness (QED) is 0.687. The highest BCUT2D eigenvalue weighted by molar-refractivity contribution is 6.04. The number of oxime groups is 1. The van der Waals surface area contributed by atoms with Gasteiger partial charge >= 0.3 is 0 Å². The Bertz CT molecular complexity index is 665. The Morgan fingerprint density at radius 1 is 1.25 bits per heavy atom. The highest BCUT2D eigenvalue weighted by Crippen LogP contribution is 2.27. The largest absolute Gasteiger partial charge is 0.487 e. The van der Waals surface area contributed by atoms with Crippen LogP contribution in [0.2, 0.25) is 0 Å². The normalized spacial score (nSPS) is 15.3. The van der Waals surface area contributed by atoms with Gasteiger partial charge in [-0.05, 0) is 55.7 Å². The highest BCUT2D eigenvalue weighted by atomic mass is 16.5. The number of rotatable bonds is 3. The van der Waals surface area contributed by atoms with E-state index in [-0.39, 0.29) is 0 Å². The Balaban J connectivity index is 1.73. The lowest BCUT2D eigenvalue weighted by atomic mass is 10.1. The summed E-state index contributed by atoms with van der Waals surface area (Å²) < 4.78 is 5.78. The molecule has 2 aromatic rings. The summed E-state index contributed by atoms with van der Waals surface area (Å²) in [5.41, 5.74) is 4.86. The fraction of sp³-hybridized carbons (Fsp3) is 0.250. The lowest BCUT2D eigenvalue weighted by molar-refractivity contribution is 0.301. The third-order valence-electron chi connectivity index (χ3n) is 3.47. The second-order valence-electron chi connectivity index (χ2n) is 4.92. The zero-order chi connectivity index (χ0) is 13.9. The molecule has 0 saturated carbocycles. The molecule has 0 fully saturated rings. The molecule has 1 aliphatic carbocycles. The van der Waals surface area contributed by atoms with E-state index in [0.717, 1.165) is 41.3 Å². The number of pyridine rings is 1. The lowest BCUT2D eigenvalue weighted by Gasteiger charge is -2.08. The zero-order valence-corrected chi connectivity index (χ0v) is 11.3. The summed E-state index contributed by atoms with van der Waals surface area (Å²) >= 11 is 0. The number of ether oxygens (including phenoxy) is 1. The molecular weight excluding hydrogens is 252 g/mol. The minimum absolute atomic E-state index is 0.460. The fourth-order valence-electron chi connectivity index (χ4n) is 2.48. The van der Waals surface area contributed by atoms with E-state index < -0.39 is 0 Å². The second kappa shape index (κ2) is 5.33. The first-order chi connectivity index (χ1) is 9.76. The number of nitrogens with zero attached hydrogens (tertiary/aromatic N) is 2. The Morgan fingerprint density at radius 3 is 2.95 bits per heavy atom. The number of benzene rings is 1. The van der Waals surface area contributed by atoms with Gasteiger partial charge in [0.2, 0.25) is 0 Å². The van der Waals surface area contributed by atoms with Crippen LogP contribution in [-0.4, -0.2) is 15.9 Å². The van der Waals surface area contributed by atoms with E-state index in [9.17, 15) is 0 Å². The van der Waals surface area contributed by atoms with Crippen molar-refractivity contribution in [2.24, 2.45) is 5.16 Å². The molecule has 0 radical (unpaired) electrons. The molecule has 0 aliphatic heterocycles. The third-order valence-corrected chi connectivity index (χ3v) is 3.47. The van der Waals surface area contributed by atoms with Crippen molar-refractivity contribution in [2.75, 3.05) is 0 Å². The van der Waals surface area contributed by atoms with Crippen LogP contribution in [0.15, 0.2) is 41.6 Å². The minimum atomic E-state index is 0.460. The van der Waals surface area contributed by atoms with Crippen LogP contribution in [0.1, 0.15) is 28.9 Å². The van der Waals surface area contributed by atoms with Crippen LogP contribution in [-0.2, 0) is 13.0 Å². The molecule has 1 heterocycles. The van der Waals surface area contributed by atoms with E-state index in [0.29, 0.717) is 6.61 Å². The summed E-state index contributed by atoms with van der Waals surface area (Å²) in [6, 6.07) is 11.8. The van der Waals surface area contributed by atoms with Crippen LogP contribution >= 0.6 is 0 Å². The molecule has 1 aromatic heterocycles. The molecule has 4 nitrogen and oxygen atoms in total. The van der Waals surface area contributed by atoms with E-state index in [1.54, 1.807) is 0 Å². The number of hydrogen-bond donors (Lipinski definition) is 1. The standard InChI is InChI=1S/C16H16N2O2/c1-11-3-2-4-13(17-11)10-20-14-6-7-15-12(9-14)5-8-16(15)18-19/h2-4,6-7,9,19H,5,8,10H2,1H3/b18-16+. The number of hydrogen-bond acceptors (Lipinski definition) is 4. The monoisotopic (exact) mass is 268 g/mol. The van der Waals surface area contributed by atoms with Crippen LogP contribution in [0.4, 0.5) is 0 Å². The van der Waals surface area contributed by atoms with Crippen LogP contribution in [0, 0.1) is 6.92 Å². The summed E-state index contributed by atoms with van der Waals surface area (Å²) in [4.78, 5) is 4.41. The molecule has 0 spiro atoms. The zero-order valence-electron chi connectivity index (χ0n) is 11.3. The van der Waals surface area contributed by atoms with Gasteiger partial charge in [0, 0.05) is 11.3 Å². The molecule has 0 atom stereocenters. The van der Waals surface area contributed by atoms with Crippen LogP contribution in [0.3, 0.4) is 0 Å². The summed E-state index contributed by atoms with van der Waals surface area (Å²) in [5.74, 6) is 0.825. The van der Waals surface area contributed by atoms with Gasteiger partial charge in [0.15, 0.2) is 0 Å². The molecule has 0 saturated heterocycles. The van der Waals surface area contributed by atoms with Gasteiger partial charge in [-0.15, -0.1) is 0 Å². The Hall–Kier alpha value is -2.36. The topological polar surface area (TPSA) is 54.7 Å². The lowest BCUT2D eigenvalue weighted by Crippen LogP contribution is -2.00. The van der Waals surface area contributed by atoms with Gasteiger partial charge in [-0.25, -0.2) is 0 Å². The first kappa shape index (κ1) is 12.7. The van der Waals surface area contributed by atoms with Crippen molar-refractivity contribution in [3.8, 4) is 5.75 Å². The van der Waals surface area contributed by atoms with Gasteiger partial charge in [-0.1, -0.05) is 11.2 Å². The number of aromatic nitrogens is 1. The van der Waals surface area contributed by atoms with E-state index in [4.69, 9.17) is 9.94 Å². The second-order valence-corrected chi connectivity index (χ2v) is 4.92. The van der Waals surface area contributed by atoms with Gasteiger partial charge in [0.25, 0.3) is 0 Å². The molecule has 20 heavy (non-hydrogen) atoms. The molecular formula is C16H16N2O2. The summed E-state index contributed by atoms with van der Waals surface area (Å²) in [6.45, 7) is 2.43. The van der Waals surface area contributed by atoms with Gasteiger partial charge in [0.05, 0.1) is 11.4 Å². The predicted molar refractivity (Wildman–Crippen MR) is 76.4 cm³/mol. The van der Waals surface area contributed by atoms with Crippen molar-refractivity contribution in [1.29, 1.82) is 0 Å². The summed E-state index contributed by atoms with van der Waals surface area (Å²) in [6.07, 6.45) is 1.68. The van der Waals surface area contributed by atoms with Gasteiger partial charge < -0.3 is 9.94 Å². The van der Waals surface area contributed by atoms with Crippen molar-refractivity contribution >= 4 is 5.71 Å². The van der Waals surface area contributed by atoms with Crippen molar-refractivity contribution in [3.05, 3.63) is 58.9 Å². The third kappa shape index (κ3) is 2.50. The van der Waals surface area contributed by atoms with Gasteiger partial charge in [0.1, 0.15) is 12.4 Å². The number of aryl methyl sites for hydroxylation is 2. The van der Waals surface area contributed by atoms with E-state index in [2.05, 4.69) is 10.1 Å². The average molecular weight is 268 g/mol. The van der Waals surface area contributed by atoms with Crippen molar-refractivity contribution in [3.63, 3.8) is 0 Å². The maximum absolute atomic E-state index is 8.91. The summed E-state index contributed by atoms with van der Waals surface area (Å²) in [5, 5.41) is 12.2. The van der Waals surface area contributed by atoms with E-state index in [1.165, 1.54) is 5.56 Å². The molecule has 102 valence electrons. The van der Waals surface area contributed by atoms with Gasteiger partial charge in [-0.3, -0.25) is 4.98 Å². The Kier molecular flexibility index (Phi) is 3.37. The minimum Gasteiger partial charge on any atom is -0.487 e. The smallest absolute Gasteiger partial charge is 0.130 e. The maximum Gasteiger partial charge on any atom is 0.130 e. The van der Waals surface area contributed by atoms with Gasteiger partial charge in [-0.2, -0.15) is 0 Å². The molecule has 4 heteroatoms. The Labute approximate surface area is 117 Å². The van der Waals surface area contributed by atoms with E-state index >= 15 is 0 Å². The first-order valence-electron chi connectivity index (χ1n) is 6.66. The molecule has 1 aliphatic rings. The first-order valence-corrected chi connectivity index (χ1v) is 6.66. The number of fused-ring (bicyclic) bond motifs is 1. The van der Waals surface area contributed by atoms with Crippen molar-refractivity contribution in [2.45, 2.75) is 26.4 Å².